The third kappa shape index (κ3) is 5.67. The van der Waals surface area contributed by atoms with Gasteiger partial charge < -0.3 is 9.47 Å². The molecular weight excluding hydrogens is 731 g/mol. The molecule has 0 atom stereocenters. The molecule has 3 aromatic carbocycles. The van der Waals surface area contributed by atoms with Gasteiger partial charge in [-0.15, -0.1) is 0 Å². The first-order valence-electron chi connectivity index (χ1n) is 9.35. The third-order valence-electron chi connectivity index (χ3n) is 4.54. The van der Waals surface area contributed by atoms with Crippen LogP contribution >= 0.6 is 67.8 Å². The molecule has 1 aliphatic heterocycles. The molecule has 0 bridgehead atoms. The molecule has 0 saturated heterocycles. The van der Waals surface area contributed by atoms with Crippen molar-refractivity contribution >= 4 is 85.7 Å². The Morgan fingerprint density at radius 2 is 1.61 bits per heavy atom. The summed E-state index contributed by atoms with van der Waals surface area (Å²) in [5, 5.41) is 0. The van der Waals surface area contributed by atoms with Crippen LogP contribution in [0.3, 0.4) is 0 Å². The summed E-state index contributed by atoms with van der Waals surface area (Å²) in [6.07, 6.45) is 1.75. The average molecular weight is 747 g/mol. The molecule has 0 amide bonds. The highest BCUT2D eigenvalue weighted by Crippen LogP contribution is 2.31. The SMILES string of the molecule is Cc1ccc(C2=N/C(=C\c3cc(I)c(OCc4ccc(I)cc4)c(I)c3)C(=O)O2)cc1. The topological polar surface area (TPSA) is 47.9 Å². The van der Waals surface area contributed by atoms with E-state index < -0.39 is 5.97 Å². The van der Waals surface area contributed by atoms with E-state index in [9.17, 15) is 4.79 Å². The minimum atomic E-state index is -0.445. The van der Waals surface area contributed by atoms with Gasteiger partial charge in [0.05, 0.1) is 7.14 Å². The number of carbonyl (C=O) groups is 1. The second kappa shape index (κ2) is 9.99. The van der Waals surface area contributed by atoms with Crippen LogP contribution in [0.2, 0.25) is 0 Å². The Kier molecular flexibility index (Phi) is 7.32. The Balaban J connectivity index is 1.54. The van der Waals surface area contributed by atoms with Gasteiger partial charge in [-0.1, -0.05) is 29.8 Å². The van der Waals surface area contributed by atoms with E-state index in [2.05, 4.69) is 97.0 Å². The lowest BCUT2D eigenvalue weighted by Gasteiger charge is -2.11. The maximum absolute atomic E-state index is 12.3. The smallest absolute Gasteiger partial charge is 0.363 e. The number of ether oxygens (including phenoxy) is 2. The number of benzene rings is 3. The molecule has 0 radical (unpaired) electrons. The Morgan fingerprint density at radius 1 is 0.968 bits per heavy atom. The van der Waals surface area contributed by atoms with Gasteiger partial charge in [0, 0.05) is 9.13 Å². The number of hydrogen-bond donors (Lipinski definition) is 0. The average Bonchev–Trinajstić information content (AvgIpc) is 3.09. The molecule has 0 unspecified atom stereocenters. The molecular formula is C24H16I3NO3. The van der Waals surface area contributed by atoms with Crippen LogP contribution in [0.25, 0.3) is 6.08 Å². The number of aryl methyl sites for hydroxylation is 1. The second-order valence-corrected chi connectivity index (χ2v) is 10.5. The van der Waals surface area contributed by atoms with Gasteiger partial charge in [0.1, 0.15) is 12.4 Å². The van der Waals surface area contributed by atoms with Crippen LogP contribution in [-0.4, -0.2) is 11.9 Å². The summed E-state index contributed by atoms with van der Waals surface area (Å²) >= 11 is 6.80. The van der Waals surface area contributed by atoms with Crippen molar-refractivity contribution in [3.8, 4) is 5.75 Å². The molecule has 7 heteroatoms. The Morgan fingerprint density at radius 3 is 2.26 bits per heavy atom. The maximum Gasteiger partial charge on any atom is 0.363 e. The predicted octanol–water partition coefficient (Wildman–Crippen LogP) is 6.73. The molecule has 31 heavy (non-hydrogen) atoms. The summed E-state index contributed by atoms with van der Waals surface area (Å²) in [4.78, 5) is 16.7. The molecule has 4 rings (SSSR count). The van der Waals surface area contributed by atoms with Crippen molar-refractivity contribution in [2.75, 3.05) is 0 Å². The molecule has 3 aromatic rings. The molecule has 1 heterocycles. The first-order valence-corrected chi connectivity index (χ1v) is 12.6. The summed E-state index contributed by atoms with van der Waals surface area (Å²) in [5.74, 6) is 0.720. The monoisotopic (exact) mass is 747 g/mol. The number of aliphatic imine (C=N–C) groups is 1. The number of halogens is 3. The van der Waals surface area contributed by atoms with E-state index in [0.29, 0.717) is 12.5 Å². The van der Waals surface area contributed by atoms with Crippen molar-refractivity contribution in [3.63, 3.8) is 0 Å². The van der Waals surface area contributed by atoms with Gasteiger partial charge in [-0.2, -0.15) is 0 Å². The molecule has 1 aliphatic rings. The summed E-state index contributed by atoms with van der Waals surface area (Å²) in [7, 11) is 0. The van der Waals surface area contributed by atoms with Crippen LogP contribution in [0.5, 0.6) is 5.75 Å². The normalized spacial score (nSPS) is 14.5. The predicted molar refractivity (Wildman–Crippen MR) is 147 cm³/mol. The summed E-state index contributed by atoms with van der Waals surface area (Å²) in [5.41, 5.74) is 4.19. The zero-order valence-electron chi connectivity index (χ0n) is 16.4. The molecule has 0 aliphatic carbocycles. The fourth-order valence-corrected chi connectivity index (χ4v) is 5.41. The highest BCUT2D eigenvalue weighted by Gasteiger charge is 2.24. The Labute approximate surface area is 221 Å². The van der Waals surface area contributed by atoms with E-state index in [1.54, 1.807) is 6.08 Å². The van der Waals surface area contributed by atoms with Crippen LogP contribution in [0, 0.1) is 17.6 Å². The molecule has 0 spiro atoms. The van der Waals surface area contributed by atoms with Crippen molar-refractivity contribution in [2.45, 2.75) is 13.5 Å². The van der Waals surface area contributed by atoms with Crippen LogP contribution < -0.4 is 4.74 Å². The fourth-order valence-electron chi connectivity index (χ4n) is 2.92. The van der Waals surface area contributed by atoms with Crippen LogP contribution in [0.4, 0.5) is 0 Å². The van der Waals surface area contributed by atoms with Gasteiger partial charge in [0.15, 0.2) is 5.70 Å². The van der Waals surface area contributed by atoms with E-state index in [4.69, 9.17) is 9.47 Å². The number of hydrogen-bond acceptors (Lipinski definition) is 4. The quantitative estimate of drug-likeness (QED) is 0.165. The molecule has 156 valence electrons. The van der Waals surface area contributed by atoms with Crippen LogP contribution in [0.1, 0.15) is 22.3 Å². The minimum absolute atomic E-state index is 0.287. The molecule has 0 fully saturated rings. The van der Waals surface area contributed by atoms with Crippen LogP contribution in [0.15, 0.2) is 71.4 Å². The van der Waals surface area contributed by atoms with E-state index in [1.807, 2.05) is 43.3 Å². The molecule has 0 aromatic heterocycles. The number of rotatable bonds is 5. The van der Waals surface area contributed by atoms with Gasteiger partial charge in [-0.3, -0.25) is 0 Å². The highest BCUT2D eigenvalue weighted by atomic mass is 127. The summed E-state index contributed by atoms with van der Waals surface area (Å²) in [6.45, 7) is 2.51. The van der Waals surface area contributed by atoms with Crippen molar-refractivity contribution in [2.24, 2.45) is 4.99 Å². The van der Waals surface area contributed by atoms with E-state index in [-0.39, 0.29) is 5.70 Å². The third-order valence-corrected chi connectivity index (χ3v) is 6.86. The lowest BCUT2D eigenvalue weighted by molar-refractivity contribution is -0.129. The van der Waals surface area contributed by atoms with Crippen molar-refractivity contribution in [1.82, 2.24) is 0 Å². The summed E-state index contributed by atoms with van der Waals surface area (Å²) < 4.78 is 14.6. The first kappa shape index (κ1) is 22.7. The standard InChI is InChI=1S/C24H16I3NO3/c1-14-2-6-17(7-3-14)23-28-21(24(29)31-23)12-16-10-19(26)22(20(27)11-16)30-13-15-4-8-18(25)9-5-15/h2-12H,13H2,1H3/b21-12-. The Bertz CT molecular complexity index is 1180. The van der Waals surface area contributed by atoms with Gasteiger partial charge in [-0.25, -0.2) is 9.79 Å². The highest BCUT2D eigenvalue weighted by molar-refractivity contribution is 14.1. The van der Waals surface area contributed by atoms with Crippen molar-refractivity contribution < 1.29 is 14.3 Å². The lowest BCUT2D eigenvalue weighted by Crippen LogP contribution is -2.05. The van der Waals surface area contributed by atoms with E-state index in [0.717, 1.165) is 35.1 Å². The first-order chi connectivity index (χ1) is 14.9. The zero-order chi connectivity index (χ0) is 22.0. The maximum atomic E-state index is 12.3. The number of carbonyl (C=O) groups excluding carboxylic acids is 1. The Hall–Kier alpha value is -1.47. The molecule has 0 N–H and O–H groups in total. The number of nitrogens with zero attached hydrogens (tertiary/aromatic N) is 1. The summed E-state index contributed by atoms with van der Waals surface area (Å²) in [6, 6.07) is 19.9. The van der Waals surface area contributed by atoms with Gasteiger partial charge in [0.25, 0.3) is 0 Å². The van der Waals surface area contributed by atoms with Crippen molar-refractivity contribution in [3.05, 3.63) is 99.3 Å². The van der Waals surface area contributed by atoms with E-state index in [1.165, 1.54) is 3.57 Å². The zero-order valence-corrected chi connectivity index (χ0v) is 22.8. The van der Waals surface area contributed by atoms with Gasteiger partial charge in [-0.05, 0) is 128 Å². The molecule has 4 nitrogen and oxygen atoms in total. The minimum Gasteiger partial charge on any atom is -0.487 e. The number of esters is 1. The van der Waals surface area contributed by atoms with Gasteiger partial charge in [0.2, 0.25) is 5.90 Å². The fraction of sp³-hybridized carbons (Fsp3) is 0.0833. The second-order valence-electron chi connectivity index (χ2n) is 6.93. The molecule has 0 saturated carbocycles. The largest absolute Gasteiger partial charge is 0.487 e. The lowest BCUT2D eigenvalue weighted by atomic mass is 10.1. The van der Waals surface area contributed by atoms with Crippen molar-refractivity contribution in [1.29, 1.82) is 0 Å². The van der Waals surface area contributed by atoms with E-state index >= 15 is 0 Å². The van der Waals surface area contributed by atoms with Crippen LogP contribution in [-0.2, 0) is 16.1 Å². The number of cyclic esters (lactones) is 1. The van der Waals surface area contributed by atoms with Gasteiger partial charge >= 0.3 is 5.97 Å².